The molecule has 1 aromatic heterocycles. The Morgan fingerprint density at radius 3 is 2.53 bits per heavy atom. The van der Waals surface area contributed by atoms with Crippen molar-refractivity contribution in [3.8, 4) is 0 Å². The highest BCUT2D eigenvalue weighted by atomic mass is 19.3. The summed E-state index contributed by atoms with van der Waals surface area (Å²) in [6.45, 7) is -2.93. The topological polar surface area (TPSA) is 71.8 Å². The van der Waals surface area contributed by atoms with Gasteiger partial charge in [0, 0.05) is 12.7 Å². The quantitative estimate of drug-likeness (QED) is 0.717. The van der Waals surface area contributed by atoms with Crippen molar-refractivity contribution >= 4 is 17.8 Å². The standard InChI is InChI=1S/C21H21F2N3O4/c1-30-20(29)15-10-14-11-24(19(28)16-8-5-9-25(16)21(22)23)12-17(27)26(14)18(15)13-6-3-2-4-7-13/h2-9,14-15,18,21H,10-12H2,1H3/t14-,15-,18-/m0/s1. The molecule has 2 saturated heterocycles. The lowest BCUT2D eigenvalue weighted by molar-refractivity contribution is -0.147. The summed E-state index contributed by atoms with van der Waals surface area (Å²) in [6.07, 6.45) is 1.46. The zero-order valence-electron chi connectivity index (χ0n) is 16.3. The van der Waals surface area contributed by atoms with Gasteiger partial charge in [-0.25, -0.2) is 0 Å². The molecular weight excluding hydrogens is 396 g/mol. The fourth-order valence-electron chi connectivity index (χ4n) is 4.52. The van der Waals surface area contributed by atoms with E-state index >= 15 is 0 Å². The molecule has 0 bridgehead atoms. The molecule has 3 atom stereocenters. The maximum Gasteiger partial charge on any atom is 0.319 e. The average Bonchev–Trinajstić information content (AvgIpc) is 3.38. The summed E-state index contributed by atoms with van der Waals surface area (Å²) >= 11 is 0. The second kappa shape index (κ2) is 7.89. The van der Waals surface area contributed by atoms with Crippen LogP contribution in [0, 0.1) is 5.92 Å². The minimum absolute atomic E-state index is 0.163. The van der Waals surface area contributed by atoms with E-state index in [0.29, 0.717) is 11.0 Å². The zero-order valence-corrected chi connectivity index (χ0v) is 16.3. The number of carbonyl (C=O) groups excluding carboxylic acids is 3. The van der Waals surface area contributed by atoms with Gasteiger partial charge in [-0.15, -0.1) is 0 Å². The van der Waals surface area contributed by atoms with E-state index in [4.69, 9.17) is 4.74 Å². The molecule has 2 aliphatic rings. The van der Waals surface area contributed by atoms with Gasteiger partial charge in [0.25, 0.3) is 5.91 Å². The molecule has 7 nitrogen and oxygen atoms in total. The van der Waals surface area contributed by atoms with Crippen LogP contribution in [0.1, 0.15) is 35.1 Å². The number of halogens is 2. The molecule has 30 heavy (non-hydrogen) atoms. The monoisotopic (exact) mass is 417 g/mol. The SMILES string of the molecule is COC(=O)[C@H]1C[C@H]2CN(C(=O)c3cccn3C(F)F)CC(=O)N2[C@H]1c1ccccc1. The normalized spacial score (nSPS) is 23.6. The number of benzene rings is 1. The van der Waals surface area contributed by atoms with Crippen LogP contribution in [0.3, 0.4) is 0 Å². The summed E-state index contributed by atoms with van der Waals surface area (Å²) in [5.74, 6) is -1.94. The third-order valence-electron chi connectivity index (χ3n) is 5.79. The number of esters is 1. The molecule has 0 aliphatic carbocycles. The Kier molecular flexibility index (Phi) is 5.27. The molecule has 2 fully saturated rings. The van der Waals surface area contributed by atoms with Crippen LogP contribution in [-0.4, -0.2) is 58.4 Å². The molecule has 0 unspecified atom stereocenters. The number of amides is 2. The van der Waals surface area contributed by atoms with Crippen molar-refractivity contribution < 1.29 is 27.9 Å². The lowest BCUT2D eigenvalue weighted by atomic mass is 9.93. The molecule has 158 valence electrons. The van der Waals surface area contributed by atoms with Gasteiger partial charge in [0.2, 0.25) is 5.91 Å². The molecule has 2 amide bonds. The van der Waals surface area contributed by atoms with E-state index < -0.39 is 36.4 Å². The Morgan fingerprint density at radius 2 is 1.87 bits per heavy atom. The summed E-state index contributed by atoms with van der Waals surface area (Å²) in [5.41, 5.74) is 0.642. The molecule has 2 aromatic rings. The molecule has 0 radical (unpaired) electrons. The predicted molar refractivity (Wildman–Crippen MR) is 102 cm³/mol. The summed E-state index contributed by atoms with van der Waals surface area (Å²) < 4.78 is 31.9. The molecule has 0 spiro atoms. The summed E-state index contributed by atoms with van der Waals surface area (Å²) in [6, 6.07) is 11.0. The van der Waals surface area contributed by atoms with Crippen molar-refractivity contribution in [2.45, 2.75) is 25.1 Å². The fraction of sp³-hybridized carbons (Fsp3) is 0.381. The lowest BCUT2D eigenvalue weighted by Crippen LogP contribution is -2.56. The maximum absolute atomic E-state index is 13.2. The number of carbonyl (C=O) groups is 3. The van der Waals surface area contributed by atoms with Gasteiger partial charge < -0.3 is 14.5 Å². The first-order valence-electron chi connectivity index (χ1n) is 9.60. The second-order valence-corrected chi connectivity index (χ2v) is 7.44. The highest BCUT2D eigenvalue weighted by Gasteiger charge is 2.51. The van der Waals surface area contributed by atoms with Gasteiger partial charge in [0.05, 0.1) is 25.1 Å². The van der Waals surface area contributed by atoms with Gasteiger partial charge in [-0.1, -0.05) is 30.3 Å². The van der Waals surface area contributed by atoms with E-state index in [9.17, 15) is 23.2 Å². The molecule has 0 N–H and O–H groups in total. The van der Waals surface area contributed by atoms with Crippen molar-refractivity contribution in [3.05, 3.63) is 59.9 Å². The van der Waals surface area contributed by atoms with Crippen molar-refractivity contribution in [1.29, 1.82) is 0 Å². The number of fused-ring (bicyclic) bond motifs is 1. The minimum Gasteiger partial charge on any atom is -0.469 e. The molecule has 1 aromatic carbocycles. The number of ether oxygens (including phenoxy) is 1. The van der Waals surface area contributed by atoms with E-state index in [1.807, 2.05) is 30.3 Å². The molecular formula is C21H21F2N3O4. The van der Waals surface area contributed by atoms with E-state index in [0.717, 1.165) is 11.8 Å². The van der Waals surface area contributed by atoms with E-state index in [2.05, 4.69) is 0 Å². The summed E-state index contributed by atoms with van der Waals surface area (Å²) in [4.78, 5) is 41.3. The number of alkyl halides is 2. The molecule has 2 aliphatic heterocycles. The zero-order chi connectivity index (χ0) is 21.4. The van der Waals surface area contributed by atoms with Gasteiger partial charge in [0.1, 0.15) is 12.2 Å². The van der Waals surface area contributed by atoms with Crippen LogP contribution in [0.15, 0.2) is 48.7 Å². The van der Waals surface area contributed by atoms with Crippen molar-refractivity contribution in [2.75, 3.05) is 20.2 Å². The third kappa shape index (κ3) is 3.34. The van der Waals surface area contributed by atoms with Crippen molar-refractivity contribution in [1.82, 2.24) is 14.4 Å². The highest BCUT2D eigenvalue weighted by Crippen LogP contribution is 2.43. The molecule has 3 heterocycles. The van der Waals surface area contributed by atoms with E-state index in [1.54, 1.807) is 4.90 Å². The largest absolute Gasteiger partial charge is 0.469 e. The predicted octanol–water partition coefficient (Wildman–Crippen LogP) is 2.47. The molecule has 0 saturated carbocycles. The number of aromatic nitrogens is 1. The van der Waals surface area contributed by atoms with Crippen LogP contribution in [0.5, 0.6) is 0 Å². The first-order valence-corrected chi connectivity index (χ1v) is 9.60. The summed E-state index contributed by atoms with van der Waals surface area (Å²) in [7, 11) is 1.30. The Bertz CT molecular complexity index is 962. The van der Waals surface area contributed by atoms with Gasteiger partial charge in [-0.3, -0.25) is 19.0 Å². The maximum atomic E-state index is 13.2. The molecule has 4 rings (SSSR count). The number of hydrogen-bond donors (Lipinski definition) is 0. The average molecular weight is 417 g/mol. The third-order valence-corrected chi connectivity index (χ3v) is 5.79. The number of methoxy groups -OCH3 is 1. The van der Waals surface area contributed by atoms with E-state index in [1.165, 1.54) is 24.1 Å². The molecule has 9 heteroatoms. The smallest absolute Gasteiger partial charge is 0.319 e. The Morgan fingerprint density at radius 1 is 1.13 bits per heavy atom. The Balaban J connectivity index is 1.62. The van der Waals surface area contributed by atoms with Gasteiger partial charge >= 0.3 is 12.5 Å². The van der Waals surface area contributed by atoms with Crippen LogP contribution < -0.4 is 0 Å². The van der Waals surface area contributed by atoms with Crippen LogP contribution in [-0.2, 0) is 14.3 Å². The Labute approximate surface area is 171 Å². The first kappa shape index (κ1) is 20.1. The first-order chi connectivity index (χ1) is 14.4. The van der Waals surface area contributed by atoms with Crippen molar-refractivity contribution in [2.24, 2.45) is 5.92 Å². The lowest BCUT2D eigenvalue weighted by Gasteiger charge is -2.40. The number of piperazine rings is 1. The van der Waals surface area contributed by atoms with Crippen LogP contribution in [0.25, 0.3) is 0 Å². The van der Waals surface area contributed by atoms with Gasteiger partial charge in [-0.05, 0) is 24.1 Å². The number of nitrogens with zero attached hydrogens (tertiary/aromatic N) is 3. The van der Waals surface area contributed by atoms with Crippen molar-refractivity contribution in [3.63, 3.8) is 0 Å². The van der Waals surface area contributed by atoms with Crippen LogP contribution >= 0.6 is 0 Å². The highest BCUT2D eigenvalue weighted by molar-refractivity contribution is 5.96. The number of rotatable bonds is 4. The summed E-state index contributed by atoms with van der Waals surface area (Å²) in [5, 5.41) is 0. The fourth-order valence-corrected chi connectivity index (χ4v) is 4.52. The minimum atomic E-state index is -2.85. The number of hydrogen-bond acceptors (Lipinski definition) is 4. The Hall–Kier alpha value is -3.23. The van der Waals surface area contributed by atoms with Gasteiger partial charge in [0.15, 0.2) is 0 Å². The van der Waals surface area contributed by atoms with E-state index in [-0.39, 0.29) is 24.7 Å². The van der Waals surface area contributed by atoms with Crippen LogP contribution in [0.4, 0.5) is 8.78 Å². The van der Waals surface area contributed by atoms with Crippen LogP contribution in [0.2, 0.25) is 0 Å². The second-order valence-electron chi connectivity index (χ2n) is 7.44. The van der Waals surface area contributed by atoms with Gasteiger partial charge in [-0.2, -0.15) is 8.78 Å².